The highest BCUT2D eigenvalue weighted by Crippen LogP contribution is 2.30. The van der Waals surface area contributed by atoms with Gasteiger partial charge in [0.15, 0.2) is 0 Å². The first kappa shape index (κ1) is 11.2. The molecule has 1 saturated carbocycles. The van der Waals surface area contributed by atoms with E-state index >= 15 is 0 Å². The van der Waals surface area contributed by atoms with Gasteiger partial charge in [-0.1, -0.05) is 18.1 Å². The van der Waals surface area contributed by atoms with Gasteiger partial charge in [-0.2, -0.15) is 0 Å². The van der Waals surface area contributed by atoms with Crippen LogP contribution in [0.3, 0.4) is 0 Å². The number of carbonyl (C=O) groups excluding carboxylic acids is 1. The molecule has 0 saturated heterocycles. The summed E-state index contributed by atoms with van der Waals surface area (Å²) in [6.45, 7) is 1.25. The molecule has 0 heterocycles. The monoisotopic (exact) mass is 218 g/mol. The van der Waals surface area contributed by atoms with Crippen molar-refractivity contribution in [2.24, 2.45) is 17.6 Å². The van der Waals surface area contributed by atoms with Gasteiger partial charge in [0.25, 0.3) is 0 Å². The SMILES string of the molecule is C#CCN(CC1CC1)C(=O)C1C=CC(N)C1. The molecule has 0 bridgehead atoms. The van der Waals surface area contributed by atoms with Crippen LogP contribution in [-0.4, -0.2) is 29.9 Å². The van der Waals surface area contributed by atoms with Crippen molar-refractivity contribution in [2.45, 2.75) is 25.3 Å². The minimum Gasteiger partial charge on any atom is -0.331 e. The van der Waals surface area contributed by atoms with Crippen LogP contribution in [-0.2, 0) is 4.79 Å². The molecule has 0 aliphatic heterocycles. The van der Waals surface area contributed by atoms with Crippen molar-refractivity contribution in [3.8, 4) is 12.3 Å². The standard InChI is InChI=1S/C13H18N2O/c1-2-7-15(9-10-3-4-10)13(16)11-5-6-12(14)8-11/h1,5-6,10-12H,3-4,7-9,14H2. The fraction of sp³-hybridized carbons (Fsp3) is 0.615. The second kappa shape index (κ2) is 4.71. The van der Waals surface area contributed by atoms with E-state index in [1.807, 2.05) is 17.1 Å². The maximum absolute atomic E-state index is 12.2. The largest absolute Gasteiger partial charge is 0.331 e. The van der Waals surface area contributed by atoms with Crippen molar-refractivity contribution in [1.82, 2.24) is 4.90 Å². The summed E-state index contributed by atoms with van der Waals surface area (Å²) in [6, 6.07) is 0.0301. The molecule has 2 unspecified atom stereocenters. The molecule has 2 atom stereocenters. The highest BCUT2D eigenvalue weighted by atomic mass is 16.2. The van der Waals surface area contributed by atoms with Crippen LogP contribution < -0.4 is 5.73 Å². The molecule has 0 radical (unpaired) electrons. The summed E-state index contributed by atoms with van der Waals surface area (Å²) in [5.41, 5.74) is 5.75. The fourth-order valence-electron chi connectivity index (χ4n) is 2.10. The van der Waals surface area contributed by atoms with E-state index in [-0.39, 0.29) is 17.9 Å². The van der Waals surface area contributed by atoms with Crippen LogP contribution in [0, 0.1) is 24.2 Å². The van der Waals surface area contributed by atoms with E-state index < -0.39 is 0 Å². The predicted octanol–water partition coefficient (Wildman–Crippen LogP) is 0.762. The number of amides is 1. The lowest BCUT2D eigenvalue weighted by molar-refractivity contribution is -0.133. The molecule has 16 heavy (non-hydrogen) atoms. The summed E-state index contributed by atoms with van der Waals surface area (Å²) in [6.07, 6.45) is 12.3. The van der Waals surface area contributed by atoms with Gasteiger partial charge in [0.1, 0.15) is 0 Å². The van der Waals surface area contributed by atoms with Gasteiger partial charge in [0.05, 0.1) is 12.5 Å². The molecule has 0 aromatic rings. The molecule has 1 fully saturated rings. The first-order valence-electron chi connectivity index (χ1n) is 5.87. The lowest BCUT2D eigenvalue weighted by atomic mass is 10.1. The van der Waals surface area contributed by atoms with Crippen molar-refractivity contribution in [3.63, 3.8) is 0 Å². The van der Waals surface area contributed by atoms with Gasteiger partial charge in [0.2, 0.25) is 5.91 Å². The molecule has 2 rings (SSSR count). The number of hydrogen-bond donors (Lipinski definition) is 1. The van der Waals surface area contributed by atoms with Crippen LogP contribution in [0.25, 0.3) is 0 Å². The van der Waals surface area contributed by atoms with Crippen LogP contribution in [0.2, 0.25) is 0 Å². The Morgan fingerprint density at radius 1 is 1.50 bits per heavy atom. The minimum absolute atomic E-state index is 0.0301. The van der Waals surface area contributed by atoms with Crippen molar-refractivity contribution < 1.29 is 4.79 Å². The number of hydrogen-bond acceptors (Lipinski definition) is 2. The van der Waals surface area contributed by atoms with Crippen molar-refractivity contribution in [2.75, 3.05) is 13.1 Å². The van der Waals surface area contributed by atoms with E-state index in [9.17, 15) is 4.79 Å². The Kier molecular flexibility index (Phi) is 3.31. The maximum atomic E-state index is 12.2. The van der Waals surface area contributed by atoms with Gasteiger partial charge in [0, 0.05) is 12.6 Å². The topological polar surface area (TPSA) is 46.3 Å². The van der Waals surface area contributed by atoms with Crippen LogP contribution in [0.5, 0.6) is 0 Å². The Morgan fingerprint density at radius 3 is 2.75 bits per heavy atom. The summed E-state index contributed by atoms with van der Waals surface area (Å²) in [7, 11) is 0. The third-order valence-corrected chi connectivity index (χ3v) is 3.20. The second-order valence-corrected chi connectivity index (χ2v) is 4.76. The van der Waals surface area contributed by atoms with E-state index in [0.29, 0.717) is 12.5 Å². The Hall–Kier alpha value is -1.27. The van der Waals surface area contributed by atoms with Gasteiger partial charge in [-0.25, -0.2) is 0 Å². The summed E-state index contributed by atoms with van der Waals surface area (Å²) in [5, 5.41) is 0. The Balaban J connectivity index is 1.93. The molecule has 86 valence electrons. The van der Waals surface area contributed by atoms with Gasteiger partial charge in [-0.15, -0.1) is 6.42 Å². The summed E-state index contributed by atoms with van der Waals surface area (Å²) >= 11 is 0. The molecule has 1 amide bonds. The minimum atomic E-state index is -0.0536. The zero-order chi connectivity index (χ0) is 11.5. The Labute approximate surface area is 96.7 Å². The highest BCUT2D eigenvalue weighted by Gasteiger charge is 2.31. The van der Waals surface area contributed by atoms with E-state index in [2.05, 4.69) is 5.92 Å². The van der Waals surface area contributed by atoms with E-state index in [4.69, 9.17) is 12.2 Å². The number of carbonyl (C=O) groups is 1. The molecule has 0 aromatic heterocycles. The number of terminal acetylenes is 1. The number of rotatable bonds is 4. The van der Waals surface area contributed by atoms with E-state index in [1.54, 1.807) is 0 Å². The van der Waals surface area contributed by atoms with Gasteiger partial charge < -0.3 is 10.6 Å². The van der Waals surface area contributed by atoms with Crippen LogP contribution in [0.4, 0.5) is 0 Å². The Bertz CT molecular complexity index is 338. The summed E-state index contributed by atoms with van der Waals surface area (Å²) in [4.78, 5) is 14.0. The molecule has 3 heteroatoms. The summed E-state index contributed by atoms with van der Waals surface area (Å²) in [5.74, 6) is 3.34. The highest BCUT2D eigenvalue weighted by molar-refractivity contribution is 5.81. The first-order valence-corrected chi connectivity index (χ1v) is 5.87. The third-order valence-electron chi connectivity index (χ3n) is 3.20. The van der Waals surface area contributed by atoms with Crippen molar-refractivity contribution in [3.05, 3.63) is 12.2 Å². The van der Waals surface area contributed by atoms with Gasteiger partial charge >= 0.3 is 0 Å². The molecule has 2 aliphatic carbocycles. The average Bonchev–Trinajstić information content (AvgIpc) is 2.97. The first-order chi connectivity index (χ1) is 7.70. The van der Waals surface area contributed by atoms with E-state index in [0.717, 1.165) is 13.0 Å². The summed E-state index contributed by atoms with van der Waals surface area (Å²) < 4.78 is 0. The van der Waals surface area contributed by atoms with Gasteiger partial charge in [-0.3, -0.25) is 4.79 Å². The van der Waals surface area contributed by atoms with Crippen LogP contribution >= 0.6 is 0 Å². The lowest BCUT2D eigenvalue weighted by Gasteiger charge is -2.23. The quantitative estimate of drug-likeness (QED) is 0.559. The molecule has 3 nitrogen and oxygen atoms in total. The average molecular weight is 218 g/mol. The molecule has 0 aromatic carbocycles. The Morgan fingerprint density at radius 2 is 2.25 bits per heavy atom. The predicted molar refractivity (Wildman–Crippen MR) is 63.4 cm³/mol. The van der Waals surface area contributed by atoms with Crippen molar-refractivity contribution in [1.29, 1.82) is 0 Å². The molecule has 2 aliphatic rings. The molecule has 0 spiro atoms. The normalized spacial score (nSPS) is 27.8. The van der Waals surface area contributed by atoms with Crippen molar-refractivity contribution >= 4 is 5.91 Å². The zero-order valence-corrected chi connectivity index (χ0v) is 9.43. The molecular formula is C13H18N2O. The second-order valence-electron chi connectivity index (χ2n) is 4.76. The number of nitrogens with two attached hydrogens (primary N) is 1. The van der Waals surface area contributed by atoms with Crippen LogP contribution in [0.1, 0.15) is 19.3 Å². The fourth-order valence-corrected chi connectivity index (χ4v) is 2.10. The maximum Gasteiger partial charge on any atom is 0.230 e. The van der Waals surface area contributed by atoms with Crippen LogP contribution in [0.15, 0.2) is 12.2 Å². The molecule has 2 N–H and O–H groups in total. The smallest absolute Gasteiger partial charge is 0.230 e. The van der Waals surface area contributed by atoms with E-state index in [1.165, 1.54) is 12.8 Å². The molecular weight excluding hydrogens is 200 g/mol. The number of nitrogens with zero attached hydrogens (tertiary/aromatic N) is 1. The third kappa shape index (κ3) is 2.65. The van der Waals surface area contributed by atoms with Gasteiger partial charge in [-0.05, 0) is 25.2 Å². The zero-order valence-electron chi connectivity index (χ0n) is 9.43. The lowest BCUT2D eigenvalue weighted by Crippen LogP contribution is -2.37.